The molecule has 0 aromatic heterocycles. The zero-order valence-electron chi connectivity index (χ0n) is 11.4. The van der Waals surface area contributed by atoms with Gasteiger partial charge in [-0.05, 0) is 56.2 Å². The first kappa shape index (κ1) is 11.9. The lowest BCUT2D eigenvalue weighted by molar-refractivity contribution is 0.244. The quantitative estimate of drug-likeness (QED) is 0.763. The van der Waals surface area contributed by atoms with Gasteiger partial charge in [0.15, 0.2) is 0 Å². The molecule has 2 fully saturated rings. The van der Waals surface area contributed by atoms with Gasteiger partial charge in [-0.3, -0.25) is 0 Å². The van der Waals surface area contributed by atoms with E-state index in [1.54, 1.807) is 0 Å². The number of anilines is 2. The Hall–Kier alpha value is -1.18. The number of nitrogen functional groups attached to an aromatic ring is 1. The zero-order chi connectivity index (χ0) is 12.5. The molecule has 1 saturated heterocycles. The van der Waals surface area contributed by atoms with Crippen LogP contribution in [0, 0.1) is 12.8 Å². The molecule has 98 valence electrons. The first-order valence-corrected chi connectivity index (χ1v) is 7.38. The highest BCUT2D eigenvalue weighted by Gasteiger charge is 2.33. The van der Waals surface area contributed by atoms with Crippen LogP contribution in [0.15, 0.2) is 18.2 Å². The molecule has 3 rings (SSSR count). The molecular weight excluding hydrogens is 220 g/mol. The highest BCUT2D eigenvalue weighted by molar-refractivity contribution is 5.69. The Bertz CT molecular complexity index is 425. The van der Waals surface area contributed by atoms with Crippen LogP contribution in [0.5, 0.6) is 0 Å². The van der Waals surface area contributed by atoms with Crippen molar-refractivity contribution in [1.29, 1.82) is 0 Å². The number of fused-ring (bicyclic) bond motifs is 1. The molecule has 1 aromatic rings. The summed E-state index contributed by atoms with van der Waals surface area (Å²) in [7, 11) is 0. The van der Waals surface area contributed by atoms with Crippen LogP contribution in [-0.4, -0.2) is 12.6 Å². The standard InChI is InChI=1S/C16H24N2/c1-12-8-9-16(14(17)11-12)18-10-4-6-13-5-2-3-7-15(13)18/h8-9,11,13,15H,2-7,10,17H2,1H3/t13-,15-/m1/s1. The van der Waals surface area contributed by atoms with E-state index in [1.165, 1.54) is 56.3 Å². The number of hydrogen-bond donors (Lipinski definition) is 1. The van der Waals surface area contributed by atoms with Crippen molar-refractivity contribution in [2.24, 2.45) is 5.92 Å². The summed E-state index contributed by atoms with van der Waals surface area (Å²) >= 11 is 0. The minimum absolute atomic E-state index is 0.748. The summed E-state index contributed by atoms with van der Waals surface area (Å²) in [6, 6.07) is 7.28. The van der Waals surface area contributed by atoms with Crippen molar-refractivity contribution in [3.8, 4) is 0 Å². The molecule has 1 saturated carbocycles. The van der Waals surface area contributed by atoms with Crippen LogP contribution in [0.25, 0.3) is 0 Å². The predicted molar refractivity (Wildman–Crippen MR) is 77.9 cm³/mol. The minimum Gasteiger partial charge on any atom is -0.397 e. The average molecular weight is 244 g/mol. The summed E-state index contributed by atoms with van der Waals surface area (Å²) in [6.45, 7) is 3.30. The van der Waals surface area contributed by atoms with Gasteiger partial charge in [0.1, 0.15) is 0 Å². The molecule has 2 aliphatic rings. The summed E-state index contributed by atoms with van der Waals surface area (Å²) in [4.78, 5) is 2.60. The summed E-state index contributed by atoms with van der Waals surface area (Å²) in [5.41, 5.74) is 9.72. The van der Waals surface area contributed by atoms with Gasteiger partial charge in [-0.25, -0.2) is 0 Å². The SMILES string of the molecule is Cc1ccc(N2CCC[C@H]3CCCC[C@H]32)c(N)c1. The maximum absolute atomic E-state index is 6.23. The summed E-state index contributed by atoms with van der Waals surface area (Å²) in [5.74, 6) is 0.910. The van der Waals surface area contributed by atoms with Crippen molar-refractivity contribution >= 4 is 11.4 Å². The van der Waals surface area contributed by atoms with Gasteiger partial charge < -0.3 is 10.6 Å². The van der Waals surface area contributed by atoms with Crippen LogP contribution >= 0.6 is 0 Å². The summed E-state index contributed by atoms with van der Waals surface area (Å²) < 4.78 is 0. The van der Waals surface area contributed by atoms with Gasteiger partial charge in [0.05, 0.1) is 11.4 Å². The Labute approximate surface area is 110 Å². The van der Waals surface area contributed by atoms with Crippen LogP contribution in [-0.2, 0) is 0 Å². The van der Waals surface area contributed by atoms with E-state index in [4.69, 9.17) is 5.73 Å². The Morgan fingerprint density at radius 3 is 2.72 bits per heavy atom. The lowest BCUT2D eigenvalue weighted by Crippen LogP contribution is -2.47. The van der Waals surface area contributed by atoms with Crippen LogP contribution in [0.1, 0.15) is 44.1 Å². The maximum atomic E-state index is 6.23. The van der Waals surface area contributed by atoms with E-state index in [2.05, 4.69) is 30.0 Å². The predicted octanol–water partition coefficient (Wildman–Crippen LogP) is 3.74. The van der Waals surface area contributed by atoms with Crippen LogP contribution in [0.4, 0.5) is 11.4 Å². The van der Waals surface area contributed by atoms with E-state index >= 15 is 0 Å². The molecule has 1 heterocycles. The molecule has 1 aliphatic carbocycles. The first-order chi connectivity index (χ1) is 8.75. The van der Waals surface area contributed by atoms with Gasteiger partial charge in [-0.1, -0.05) is 18.9 Å². The van der Waals surface area contributed by atoms with Crippen molar-refractivity contribution in [1.82, 2.24) is 0 Å². The van der Waals surface area contributed by atoms with E-state index in [0.29, 0.717) is 0 Å². The number of hydrogen-bond acceptors (Lipinski definition) is 2. The molecule has 0 unspecified atom stereocenters. The number of benzene rings is 1. The first-order valence-electron chi connectivity index (χ1n) is 7.38. The third-order valence-corrected chi connectivity index (χ3v) is 4.74. The second-order valence-corrected chi connectivity index (χ2v) is 6.01. The fourth-order valence-corrected chi connectivity index (χ4v) is 3.86. The van der Waals surface area contributed by atoms with Gasteiger partial charge in [0.2, 0.25) is 0 Å². The third kappa shape index (κ3) is 2.09. The molecule has 0 amide bonds. The summed E-state index contributed by atoms with van der Waals surface area (Å²) in [5, 5.41) is 0. The molecule has 0 radical (unpaired) electrons. The number of nitrogens with two attached hydrogens (primary N) is 1. The van der Waals surface area contributed by atoms with E-state index in [-0.39, 0.29) is 0 Å². The molecule has 2 atom stereocenters. The highest BCUT2D eigenvalue weighted by Crippen LogP contribution is 2.39. The molecule has 1 aliphatic heterocycles. The number of piperidine rings is 1. The Morgan fingerprint density at radius 1 is 1.11 bits per heavy atom. The van der Waals surface area contributed by atoms with Gasteiger partial charge in [-0.2, -0.15) is 0 Å². The molecule has 0 bridgehead atoms. The van der Waals surface area contributed by atoms with Crippen molar-refractivity contribution in [3.05, 3.63) is 23.8 Å². The van der Waals surface area contributed by atoms with Gasteiger partial charge in [-0.15, -0.1) is 0 Å². The van der Waals surface area contributed by atoms with Crippen LogP contribution < -0.4 is 10.6 Å². The lowest BCUT2D eigenvalue weighted by Gasteiger charge is -2.45. The molecule has 2 N–H and O–H groups in total. The maximum Gasteiger partial charge on any atom is 0.0602 e. The zero-order valence-corrected chi connectivity index (χ0v) is 11.4. The second kappa shape index (κ2) is 4.83. The largest absolute Gasteiger partial charge is 0.397 e. The summed E-state index contributed by atoms with van der Waals surface area (Å²) in [6.07, 6.45) is 8.36. The van der Waals surface area contributed by atoms with Crippen molar-refractivity contribution in [2.45, 2.75) is 51.5 Å². The molecule has 1 aromatic carbocycles. The normalized spacial score (nSPS) is 27.9. The second-order valence-electron chi connectivity index (χ2n) is 6.01. The van der Waals surface area contributed by atoms with Gasteiger partial charge in [0, 0.05) is 12.6 Å². The number of nitrogens with zero attached hydrogens (tertiary/aromatic N) is 1. The van der Waals surface area contributed by atoms with E-state index < -0.39 is 0 Å². The van der Waals surface area contributed by atoms with Crippen molar-refractivity contribution < 1.29 is 0 Å². The van der Waals surface area contributed by atoms with Crippen molar-refractivity contribution in [3.63, 3.8) is 0 Å². The van der Waals surface area contributed by atoms with E-state index in [0.717, 1.165) is 17.6 Å². The number of rotatable bonds is 1. The molecule has 2 nitrogen and oxygen atoms in total. The van der Waals surface area contributed by atoms with E-state index in [9.17, 15) is 0 Å². The van der Waals surface area contributed by atoms with Crippen LogP contribution in [0.3, 0.4) is 0 Å². The number of aryl methyl sites for hydroxylation is 1. The van der Waals surface area contributed by atoms with Crippen molar-refractivity contribution in [2.75, 3.05) is 17.2 Å². The third-order valence-electron chi connectivity index (χ3n) is 4.74. The minimum atomic E-state index is 0.748. The molecular formula is C16H24N2. The lowest BCUT2D eigenvalue weighted by atomic mass is 9.78. The molecule has 2 heteroatoms. The molecule has 18 heavy (non-hydrogen) atoms. The Morgan fingerprint density at radius 2 is 1.89 bits per heavy atom. The Balaban J connectivity index is 1.89. The van der Waals surface area contributed by atoms with Crippen LogP contribution in [0.2, 0.25) is 0 Å². The van der Waals surface area contributed by atoms with Gasteiger partial charge in [0.25, 0.3) is 0 Å². The fourth-order valence-electron chi connectivity index (χ4n) is 3.86. The van der Waals surface area contributed by atoms with E-state index in [1.807, 2.05) is 0 Å². The molecule has 0 spiro atoms. The smallest absolute Gasteiger partial charge is 0.0602 e. The Kier molecular flexibility index (Phi) is 3.19. The topological polar surface area (TPSA) is 29.3 Å². The highest BCUT2D eigenvalue weighted by atomic mass is 15.2. The van der Waals surface area contributed by atoms with Gasteiger partial charge >= 0.3 is 0 Å². The fraction of sp³-hybridized carbons (Fsp3) is 0.625. The average Bonchev–Trinajstić information content (AvgIpc) is 2.38. The monoisotopic (exact) mass is 244 g/mol.